The van der Waals surface area contributed by atoms with Crippen molar-refractivity contribution in [2.45, 2.75) is 40.3 Å². The third-order valence-corrected chi connectivity index (χ3v) is 7.84. The van der Waals surface area contributed by atoms with E-state index in [1.807, 2.05) is 61.5 Å². The standard InChI is InChI=1S/C34H38N4O5/c1-5-36(6-2)19-20-38-31(25-16-17-26(27(21-25)42-7-3)43-22-24-13-9-8-10-14-24)29(33(40)34(38)41)32(39)30-23(4)35-28-15-11-12-18-37(28)30/h8-18,21,31,39H,5-7,19-20,22H2,1-4H3/b32-29+. The maximum Gasteiger partial charge on any atom is 0.295 e. The number of nitrogens with zero attached hydrogens (tertiary/aromatic N) is 4. The molecule has 9 heteroatoms. The number of hydrogen-bond acceptors (Lipinski definition) is 7. The second-order valence-electron chi connectivity index (χ2n) is 10.4. The Morgan fingerprint density at radius 2 is 1.70 bits per heavy atom. The van der Waals surface area contributed by atoms with Crippen LogP contribution in [-0.4, -0.2) is 68.8 Å². The number of aryl methyl sites for hydroxylation is 1. The van der Waals surface area contributed by atoms with Gasteiger partial charge in [0.15, 0.2) is 17.3 Å². The predicted octanol–water partition coefficient (Wildman–Crippen LogP) is 5.38. The molecule has 1 N–H and O–H groups in total. The first-order valence-corrected chi connectivity index (χ1v) is 14.8. The molecule has 1 aliphatic rings. The molecule has 1 atom stereocenters. The summed E-state index contributed by atoms with van der Waals surface area (Å²) >= 11 is 0. The molecule has 2 aromatic carbocycles. The van der Waals surface area contributed by atoms with Gasteiger partial charge in [0.25, 0.3) is 11.7 Å². The Labute approximate surface area is 252 Å². The summed E-state index contributed by atoms with van der Waals surface area (Å²) in [4.78, 5) is 35.6. The molecule has 1 unspecified atom stereocenters. The van der Waals surface area contributed by atoms with E-state index in [0.29, 0.717) is 60.4 Å². The van der Waals surface area contributed by atoms with Crippen molar-refractivity contribution >= 4 is 23.1 Å². The number of Topliss-reactive ketones (excluding diaryl/α,β-unsaturated/α-hetero) is 1. The molecule has 1 fully saturated rings. The number of aliphatic hydroxyl groups is 1. The molecule has 224 valence electrons. The summed E-state index contributed by atoms with van der Waals surface area (Å²) in [7, 11) is 0. The first-order valence-electron chi connectivity index (χ1n) is 14.8. The van der Waals surface area contributed by atoms with Gasteiger partial charge < -0.3 is 24.4 Å². The normalized spacial score (nSPS) is 16.4. The predicted molar refractivity (Wildman–Crippen MR) is 165 cm³/mol. The lowest BCUT2D eigenvalue weighted by atomic mass is 9.96. The lowest BCUT2D eigenvalue weighted by molar-refractivity contribution is -0.140. The highest BCUT2D eigenvalue weighted by molar-refractivity contribution is 6.46. The minimum absolute atomic E-state index is 0.0266. The fourth-order valence-electron chi connectivity index (χ4n) is 5.59. The molecule has 0 saturated carbocycles. The minimum Gasteiger partial charge on any atom is -0.505 e. The Bertz CT molecular complexity index is 1640. The van der Waals surface area contributed by atoms with Crippen molar-refractivity contribution in [3.05, 3.63) is 101 Å². The lowest BCUT2D eigenvalue weighted by Crippen LogP contribution is -2.38. The zero-order chi connectivity index (χ0) is 30.5. The number of imidazole rings is 1. The number of likely N-dealkylation sites (N-methyl/N-ethyl adjacent to an activating group) is 1. The Balaban J connectivity index is 1.61. The van der Waals surface area contributed by atoms with E-state index in [2.05, 4.69) is 23.7 Å². The summed E-state index contributed by atoms with van der Waals surface area (Å²) in [5, 5.41) is 11.8. The molecule has 1 amide bonds. The van der Waals surface area contributed by atoms with E-state index in [1.54, 1.807) is 34.6 Å². The number of fused-ring (bicyclic) bond motifs is 1. The van der Waals surface area contributed by atoms with Gasteiger partial charge in [-0.2, -0.15) is 0 Å². The van der Waals surface area contributed by atoms with Crippen LogP contribution in [0.3, 0.4) is 0 Å². The molecule has 2 aromatic heterocycles. The van der Waals surface area contributed by atoms with Gasteiger partial charge in [-0.05, 0) is 62.3 Å². The summed E-state index contributed by atoms with van der Waals surface area (Å²) in [6.07, 6.45) is 1.78. The number of rotatable bonds is 12. The van der Waals surface area contributed by atoms with Crippen LogP contribution >= 0.6 is 0 Å². The van der Waals surface area contributed by atoms with Crippen LogP contribution in [0.4, 0.5) is 0 Å². The number of carbonyl (C=O) groups excluding carboxylic acids is 2. The highest BCUT2D eigenvalue weighted by atomic mass is 16.5. The smallest absolute Gasteiger partial charge is 0.295 e. The van der Waals surface area contributed by atoms with Crippen LogP contribution in [0.2, 0.25) is 0 Å². The van der Waals surface area contributed by atoms with E-state index in [1.165, 1.54) is 0 Å². The van der Waals surface area contributed by atoms with Gasteiger partial charge in [-0.25, -0.2) is 4.98 Å². The van der Waals surface area contributed by atoms with E-state index in [9.17, 15) is 14.7 Å². The maximum absolute atomic E-state index is 13.7. The number of pyridine rings is 1. The summed E-state index contributed by atoms with van der Waals surface area (Å²) in [6.45, 7) is 11.1. The van der Waals surface area contributed by atoms with Crippen molar-refractivity contribution in [3.63, 3.8) is 0 Å². The van der Waals surface area contributed by atoms with Crippen LogP contribution in [0.5, 0.6) is 11.5 Å². The number of likely N-dealkylation sites (tertiary alicyclic amines) is 1. The highest BCUT2D eigenvalue weighted by Gasteiger charge is 2.46. The molecule has 9 nitrogen and oxygen atoms in total. The summed E-state index contributed by atoms with van der Waals surface area (Å²) in [6, 6.07) is 20.0. The van der Waals surface area contributed by atoms with Gasteiger partial charge in [-0.3, -0.25) is 14.0 Å². The van der Waals surface area contributed by atoms with Crippen LogP contribution in [0.25, 0.3) is 11.4 Å². The molecule has 1 aliphatic heterocycles. The molecule has 4 aromatic rings. The topological polar surface area (TPSA) is 96.6 Å². The van der Waals surface area contributed by atoms with Crippen molar-refractivity contribution < 1.29 is 24.2 Å². The number of carbonyl (C=O) groups is 2. The Kier molecular flexibility index (Phi) is 9.11. The monoisotopic (exact) mass is 582 g/mol. The van der Waals surface area contributed by atoms with Gasteiger partial charge in [-0.1, -0.05) is 56.3 Å². The van der Waals surface area contributed by atoms with E-state index in [-0.39, 0.29) is 11.3 Å². The van der Waals surface area contributed by atoms with E-state index < -0.39 is 17.7 Å². The van der Waals surface area contributed by atoms with Gasteiger partial charge in [0.2, 0.25) is 0 Å². The van der Waals surface area contributed by atoms with Crippen molar-refractivity contribution in [1.29, 1.82) is 0 Å². The number of benzene rings is 2. The molecule has 0 bridgehead atoms. The Morgan fingerprint density at radius 3 is 2.42 bits per heavy atom. The van der Waals surface area contributed by atoms with Crippen molar-refractivity contribution in [3.8, 4) is 11.5 Å². The third-order valence-electron chi connectivity index (χ3n) is 7.84. The van der Waals surface area contributed by atoms with Crippen LogP contribution in [0.1, 0.15) is 49.3 Å². The average molecular weight is 583 g/mol. The van der Waals surface area contributed by atoms with Crippen LogP contribution in [0.15, 0.2) is 78.5 Å². The van der Waals surface area contributed by atoms with Gasteiger partial charge >= 0.3 is 0 Å². The molecule has 43 heavy (non-hydrogen) atoms. The largest absolute Gasteiger partial charge is 0.505 e. The molecule has 5 rings (SSSR count). The van der Waals surface area contributed by atoms with E-state index in [4.69, 9.17) is 9.47 Å². The van der Waals surface area contributed by atoms with Gasteiger partial charge in [0.05, 0.1) is 23.9 Å². The first-order chi connectivity index (χ1) is 20.9. The van der Waals surface area contributed by atoms with Gasteiger partial charge in [0.1, 0.15) is 17.9 Å². The molecule has 0 aliphatic carbocycles. The number of amides is 1. The summed E-state index contributed by atoms with van der Waals surface area (Å²) in [5.74, 6) is -0.585. The van der Waals surface area contributed by atoms with Crippen molar-refractivity contribution in [1.82, 2.24) is 19.2 Å². The van der Waals surface area contributed by atoms with Crippen molar-refractivity contribution in [2.75, 3.05) is 32.8 Å². The Morgan fingerprint density at radius 1 is 0.953 bits per heavy atom. The molecular weight excluding hydrogens is 544 g/mol. The average Bonchev–Trinajstić information content (AvgIpc) is 3.49. The number of aliphatic hydroxyl groups excluding tert-OH is 1. The minimum atomic E-state index is -0.827. The van der Waals surface area contributed by atoms with Crippen LogP contribution in [0, 0.1) is 6.92 Å². The quantitative estimate of drug-likeness (QED) is 0.136. The maximum atomic E-state index is 13.7. The van der Waals surface area contributed by atoms with Gasteiger partial charge in [0, 0.05) is 19.3 Å². The third kappa shape index (κ3) is 5.99. The number of aromatic nitrogens is 2. The highest BCUT2D eigenvalue weighted by Crippen LogP contribution is 2.42. The Hall–Kier alpha value is -4.63. The number of ether oxygens (including phenoxy) is 2. The number of hydrogen-bond donors (Lipinski definition) is 1. The fraction of sp³-hybridized carbons (Fsp3) is 0.324. The summed E-state index contributed by atoms with van der Waals surface area (Å²) in [5.41, 5.74) is 3.25. The molecule has 1 saturated heterocycles. The van der Waals surface area contributed by atoms with Crippen LogP contribution in [-0.2, 0) is 16.2 Å². The van der Waals surface area contributed by atoms with Crippen LogP contribution < -0.4 is 9.47 Å². The number of ketones is 1. The molecule has 0 radical (unpaired) electrons. The zero-order valence-corrected chi connectivity index (χ0v) is 25.1. The van der Waals surface area contributed by atoms with E-state index >= 15 is 0 Å². The second kappa shape index (κ2) is 13.1. The first kappa shape index (κ1) is 29.8. The SMILES string of the molecule is CCOc1cc(C2/C(=C(\O)c3c(C)nc4ccccn34)C(=O)C(=O)N2CCN(CC)CC)ccc1OCc1ccccc1. The fourth-order valence-corrected chi connectivity index (χ4v) is 5.59. The van der Waals surface area contributed by atoms with E-state index in [0.717, 1.165) is 18.7 Å². The lowest BCUT2D eigenvalue weighted by Gasteiger charge is -2.28. The van der Waals surface area contributed by atoms with Gasteiger partial charge in [-0.15, -0.1) is 0 Å². The molecular formula is C34H38N4O5. The van der Waals surface area contributed by atoms with Crippen molar-refractivity contribution in [2.24, 2.45) is 0 Å². The zero-order valence-electron chi connectivity index (χ0n) is 25.1. The molecule has 3 heterocycles. The molecule has 0 spiro atoms. The summed E-state index contributed by atoms with van der Waals surface area (Å²) < 4.78 is 13.8. The second-order valence-corrected chi connectivity index (χ2v) is 10.4.